The van der Waals surface area contributed by atoms with Gasteiger partial charge in [-0.25, -0.2) is 8.42 Å². The molecular formula is C13H14O3S. The lowest BCUT2D eigenvalue weighted by molar-refractivity contribution is -0.115. The van der Waals surface area contributed by atoms with Gasteiger partial charge in [-0.1, -0.05) is 25.1 Å². The van der Waals surface area contributed by atoms with Gasteiger partial charge in [-0.15, -0.1) is 0 Å². The number of carbonyl (C=O) groups excluding carboxylic acids is 1. The average molecular weight is 250 g/mol. The summed E-state index contributed by atoms with van der Waals surface area (Å²) in [6, 6.07) is 8.25. The minimum Gasteiger partial charge on any atom is -0.295 e. The molecule has 0 N–H and O–H groups in total. The van der Waals surface area contributed by atoms with Crippen LogP contribution in [0.3, 0.4) is 0 Å². The number of hydrogen-bond donors (Lipinski definition) is 0. The zero-order valence-electron chi connectivity index (χ0n) is 9.59. The maximum Gasteiger partial charge on any atom is 0.203 e. The Labute approximate surface area is 101 Å². The van der Waals surface area contributed by atoms with Gasteiger partial charge < -0.3 is 0 Å². The van der Waals surface area contributed by atoms with Crippen molar-refractivity contribution in [2.24, 2.45) is 5.92 Å². The molecule has 1 aromatic rings. The molecule has 0 radical (unpaired) electrons. The molecule has 0 spiro atoms. The third-order valence-electron chi connectivity index (χ3n) is 2.98. The number of allylic oxidation sites excluding steroid dienone is 2. The zero-order chi connectivity index (χ0) is 12.5. The fourth-order valence-corrected chi connectivity index (χ4v) is 3.67. The van der Waals surface area contributed by atoms with E-state index in [9.17, 15) is 13.2 Å². The van der Waals surface area contributed by atoms with Gasteiger partial charge in [0.1, 0.15) is 0 Å². The first-order valence-electron chi connectivity index (χ1n) is 5.56. The standard InChI is InChI=1S/C13H14O3S/c1-10-7-8-11(14)9-13(10)17(15,16)12-5-3-2-4-6-12/h2-6,9-10H,7-8H2,1H3. The lowest BCUT2D eigenvalue weighted by Gasteiger charge is -2.19. The summed E-state index contributed by atoms with van der Waals surface area (Å²) >= 11 is 0. The fraction of sp³-hybridized carbons (Fsp3) is 0.308. The van der Waals surface area contributed by atoms with E-state index in [1.54, 1.807) is 30.3 Å². The van der Waals surface area contributed by atoms with Crippen LogP contribution in [0.25, 0.3) is 0 Å². The molecule has 0 amide bonds. The SMILES string of the molecule is CC1CCC(=O)C=C1S(=O)(=O)c1ccccc1. The van der Waals surface area contributed by atoms with Gasteiger partial charge in [0.05, 0.1) is 9.80 Å². The summed E-state index contributed by atoms with van der Waals surface area (Å²) in [7, 11) is -3.50. The zero-order valence-corrected chi connectivity index (χ0v) is 10.4. The highest BCUT2D eigenvalue weighted by atomic mass is 32.2. The molecule has 0 fully saturated rings. The Morgan fingerprint density at radius 3 is 2.47 bits per heavy atom. The minimum absolute atomic E-state index is 0.0853. The molecule has 0 bridgehead atoms. The second kappa shape index (κ2) is 4.45. The molecule has 4 heteroatoms. The first-order chi connectivity index (χ1) is 8.01. The van der Waals surface area contributed by atoms with Crippen LogP contribution in [0, 0.1) is 5.92 Å². The average Bonchev–Trinajstić information content (AvgIpc) is 2.33. The Balaban J connectivity index is 2.50. The maximum absolute atomic E-state index is 12.3. The molecule has 2 rings (SSSR count). The number of sulfone groups is 1. The quantitative estimate of drug-likeness (QED) is 0.809. The van der Waals surface area contributed by atoms with E-state index in [0.717, 1.165) is 0 Å². The van der Waals surface area contributed by atoms with E-state index in [0.29, 0.717) is 12.8 Å². The van der Waals surface area contributed by atoms with Crippen molar-refractivity contribution in [3.8, 4) is 0 Å². The molecule has 1 atom stereocenters. The summed E-state index contributed by atoms with van der Waals surface area (Å²) in [5.41, 5.74) is 0. The lowest BCUT2D eigenvalue weighted by atomic mass is 9.97. The molecule has 0 heterocycles. The Morgan fingerprint density at radius 2 is 1.82 bits per heavy atom. The van der Waals surface area contributed by atoms with Gasteiger partial charge in [-0.2, -0.15) is 0 Å². The van der Waals surface area contributed by atoms with Crippen LogP contribution in [0.1, 0.15) is 19.8 Å². The van der Waals surface area contributed by atoms with E-state index in [1.165, 1.54) is 6.08 Å². The molecule has 90 valence electrons. The summed E-state index contributed by atoms with van der Waals surface area (Å²) in [5, 5.41) is 0. The van der Waals surface area contributed by atoms with Crippen molar-refractivity contribution in [2.45, 2.75) is 24.7 Å². The number of carbonyl (C=O) groups is 1. The molecule has 1 aliphatic rings. The van der Waals surface area contributed by atoms with Gasteiger partial charge in [0.25, 0.3) is 0 Å². The van der Waals surface area contributed by atoms with E-state index >= 15 is 0 Å². The van der Waals surface area contributed by atoms with Gasteiger partial charge in [0.15, 0.2) is 5.78 Å². The number of benzene rings is 1. The molecule has 1 aliphatic carbocycles. The van der Waals surface area contributed by atoms with Crippen LogP contribution in [-0.2, 0) is 14.6 Å². The summed E-state index contributed by atoms with van der Waals surface area (Å²) in [5.74, 6) is -0.185. The summed E-state index contributed by atoms with van der Waals surface area (Å²) < 4.78 is 24.6. The smallest absolute Gasteiger partial charge is 0.203 e. The summed E-state index contributed by atoms with van der Waals surface area (Å²) in [6.45, 7) is 1.85. The van der Waals surface area contributed by atoms with Crippen molar-refractivity contribution in [2.75, 3.05) is 0 Å². The van der Waals surface area contributed by atoms with Crippen LogP contribution >= 0.6 is 0 Å². The first kappa shape index (κ1) is 12.0. The van der Waals surface area contributed by atoms with Gasteiger partial charge in [-0.05, 0) is 30.5 Å². The van der Waals surface area contributed by atoms with Crippen LogP contribution in [0.15, 0.2) is 46.2 Å². The van der Waals surface area contributed by atoms with E-state index in [4.69, 9.17) is 0 Å². The molecule has 17 heavy (non-hydrogen) atoms. The van der Waals surface area contributed by atoms with E-state index in [1.807, 2.05) is 6.92 Å². The van der Waals surface area contributed by atoms with Crippen LogP contribution in [-0.4, -0.2) is 14.2 Å². The molecule has 0 aromatic heterocycles. The van der Waals surface area contributed by atoms with Gasteiger partial charge in [0.2, 0.25) is 9.84 Å². The second-order valence-corrected chi connectivity index (χ2v) is 6.22. The summed E-state index contributed by atoms with van der Waals surface area (Å²) in [4.78, 5) is 11.9. The van der Waals surface area contributed by atoms with Crippen molar-refractivity contribution in [1.82, 2.24) is 0 Å². The molecule has 0 saturated carbocycles. The third kappa shape index (κ3) is 2.31. The highest BCUT2D eigenvalue weighted by Crippen LogP contribution is 2.31. The van der Waals surface area contributed by atoms with Crippen LogP contribution in [0.5, 0.6) is 0 Å². The minimum atomic E-state index is -3.50. The topological polar surface area (TPSA) is 51.2 Å². The molecule has 3 nitrogen and oxygen atoms in total. The number of hydrogen-bond acceptors (Lipinski definition) is 3. The van der Waals surface area contributed by atoms with Crippen molar-refractivity contribution in [3.05, 3.63) is 41.3 Å². The van der Waals surface area contributed by atoms with Crippen molar-refractivity contribution >= 4 is 15.6 Å². The molecule has 1 unspecified atom stereocenters. The predicted octanol–water partition coefficient (Wildman–Crippen LogP) is 2.34. The Morgan fingerprint density at radius 1 is 1.18 bits per heavy atom. The molecule has 0 saturated heterocycles. The second-order valence-electron chi connectivity index (χ2n) is 4.27. The highest BCUT2D eigenvalue weighted by molar-refractivity contribution is 7.95. The predicted molar refractivity (Wildman–Crippen MR) is 65.1 cm³/mol. The van der Waals surface area contributed by atoms with E-state index in [2.05, 4.69) is 0 Å². The molecule has 1 aromatic carbocycles. The Kier molecular flexibility index (Phi) is 3.15. The molecular weight excluding hydrogens is 236 g/mol. The van der Waals surface area contributed by atoms with Crippen LogP contribution in [0.2, 0.25) is 0 Å². The van der Waals surface area contributed by atoms with Crippen LogP contribution in [0.4, 0.5) is 0 Å². The first-order valence-corrected chi connectivity index (χ1v) is 7.04. The van der Waals surface area contributed by atoms with Gasteiger partial charge >= 0.3 is 0 Å². The van der Waals surface area contributed by atoms with E-state index < -0.39 is 9.84 Å². The highest BCUT2D eigenvalue weighted by Gasteiger charge is 2.29. The van der Waals surface area contributed by atoms with Crippen molar-refractivity contribution in [3.63, 3.8) is 0 Å². The number of ketones is 1. The molecule has 0 aliphatic heterocycles. The largest absolute Gasteiger partial charge is 0.295 e. The van der Waals surface area contributed by atoms with Crippen molar-refractivity contribution in [1.29, 1.82) is 0 Å². The summed E-state index contributed by atoms with van der Waals surface area (Å²) in [6.07, 6.45) is 2.34. The van der Waals surface area contributed by atoms with Gasteiger partial charge in [-0.3, -0.25) is 4.79 Å². The Hall–Kier alpha value is -1.42. The van der Waals surface area contributed by atoms with E-state index in [-0.39, 0.29) is 21.5 Å². The Bertz CT molecular complexity index is 556. The monoisotopic (exact) mass is 250 g/mol. The van der Waals surface area contributed by atoms with Crippen LogP contribution < -0.4 is 0 Å². The lowest BCUT2D eigenvalue weighted by Crippen LogP contribution is -2.18. The maximum atomic E-state index is 12.3. The number of rotatable bonds is 2. The normalized spacial score (nSPS) is 21.1. The fourth-order valence-electron chi connectivity index (χ4n) is 1.95. The van der Waals surface area contributed by atoms with Crippen molar-refractivity contribution < 1.29 is 13.2 Å². The van der Waals surface area contributed by atoms with Gasteiger partial charge in [0, 0.05) is 6.42 Å². The third-order valence-corrected chi connectivity index (χ3v) is 5.01.